The van der Waals surface area contributed by atoms with Gasteiger partial charge in [-0.05, 0) is 70.7 Å². The maximum atomic E-state index is 5.23. The van der Waals surface area contributed by atoms with Gasteiger partial charge in [0.05, 0.1) is 0 Å². The summed E-state index contributed by atoms with van der Waals surface area (Å²) >= 11 is 0. The van der Waals surface area contributed by atoms with E-state index in [-0.39, 0.29) is 0 Å². The Morgan fingerprint density at radius 1 is 1.18 bits per heavy atom. The van der Waals surface area contributed by atoms with Gasteiger partial charge < -0.3 is 15.0 Å². The van der Waals surface area contributed by atoms with Crippen molar-refractivity contribution in [1.82, 2.24) is 10.2 Å². The van der Waals surface area contributed by atoms with E-state index in [1.165, 1.54) is 64.8 Å². The average molecular weight is 242 g/mol. The summed E-state index contributed by atoms with van der Waals surface area (Å²) in [6.45, 7) is 9.36. The summed E-state index contributed by atoms with van der Waals surface area (Å²) in [6.07, 6.45) is 6.54. The third-order valence-corrected chi connectivity index (χ3v) is 3.61. The van der Waals surface area contributed by atoms with E-state index < -0.39 is 0 Å². The van der Waals surface area contributed by atoms with Crippen LogP contribution in [0.5, 0.6) is 0 Å². The van der Waals surface area contributed by atoms with Crippen molar-refractivity contribution in [3.63, 3.8) is 0 Å². The molecule has 0 aliphatic carbocycles. The van der Waals surface area contributed by atoms with Crippen LogP contribution in [-0.2, 0) is 4.74 Å². The van der Waals surface area contributed by atoms with E-state index in [1.54, 1.807) is 0 Å². The van der Waals surface area contributed by atoms with Gasteiger partial charge in [-0.3, -0.25) is 0 Å². The van der Waals surface area contributed by atoms with Gasteiger partial charge in [0.25, 0.3) is 0 Å². The third kappa shape index (κ3) is 7.02. The van der Waals surface area contributed by atoms with Crippen LogP contribution in [-0.4, -0.2) is 51.3 Å². The van der Waals surface area contributed by atoms with E-state index in [0.717, 1.165) is 12.5 Å². The van der Waals surface area contributed by atoms with E-state index in [9.17, 15) is 0 Å². The number of hydrogen-bond donors (Lipinski definition) is 1. The molecule has 0 atom stereocenters. The molecule has 0 radical (unpaired) electrons. The van der Waals surface area contributed by atoms with Crippen molar-refractivity contribution in [2.24, 2.45) is 5.92 Å². The summed E-state index contributed by atoms with van der Waals surface area (Å²) in [5, 5.41) is 3.46. The van der Waals surface area contributed by atoms with E-state index in [1.807, 2.05) is 7.11 Å². The zero-order chi connectivity index (χ0) is 12.3. The lowest BCUT2D eigenvalue weighted by molar-refractivity contribution is 0.0989. The molecule has 1 fully saturated rings. The fourth-order valence-electron chi connectivity index (χ4n) is 2.50. The van der Waals surface area contributed by atoms with Crippen molar-refractivity contribution < 1.29 is 4.74 Å². The molecule has 0 saturated carbocycles. The van der Waals surface area contributed by atoms with Crippen LogP contribution in [0.4, 0.5) is 0 Å². The predicted molar refractivity (Wildman–Crippen MR) is 73.4 cm³/mol. The summed E-state index contributed by atoms with van der Waals surface area (Å²) in [4.78, 5) is 2.62. The molecule has 0 aromatic heterocycles. The summed E-state index contributed by atoms with van der Waals surface area (Å²) in [5.74, 6) is 0.808. The standard InChI is InChI=1S/C14H30N2O/c1-3-8-15-9-4-5-10-16-11-6-14(7-12-16)13-17-2/h14-15H,3-13H2,1-2H3. The molecule has 1 N–H and O–H groups in total. The largest absolute Gasteiger partial charge is 0.384 e. The zero-order valence-electron chi connectivity index (χ0n) is 11.7. The highest BCUT2D eigenvalue weighted by Gasteiger charge is 2.18. The van der Waals surface area contributed by atoms with Crippen LogP contribution >= 0.6 is 0 Å². The first-order valence-corrected chi connectivity index (χ1v) is 7.28. The quantitative estimate of drug-likeness (QED) is 0.627. The molecule has 17 heavy (non-hydrogen) atoms. The van der Waals surface area contributed by atoms with Crippen molar-refractivity contribution >= 4 is 0 Å². The van der Waals surface area contributed by atoms with E-state index >= 15 is 0 Å². The molecule has 0 spiro atoms. The summed E-state index contributed by atoms with van der Waals surface area (Å²) < 4.78 is 5.23. The highest BCUT2D eigenvalue weighted by Crippen LogP contribution is 2.17. The molecule has 1 aliphatic rings. The summed E-state index contributed by atoms with van der Waals surface area (Å²) in [6, 6.07) is 0. The topological polar surface area (TPSA) is 24.5 Å². The highest BCUT2D eigenvalue weighted by atomic mass is 16.5. The number of nitrogens with one attached hydrogen (secondary N) is 1. The molecule has 0 aromatic rings. The second-order valence-electron chi connectivity index (χ2n) is 5.20. The fourth-order valence-corrected chi connectivity index (χ4v) is 2.50. The van der Waals surface area contributed by atoms with Gasteiger partial charge >= 0.3 is 0 Å². The number of ether oxygens (including phenoxy) is 1. The van der Waals surface area contributed by atoms with Crippen LogP contribution in [0.15, 0.2) is 0 Å². The van der Waals surface area contributed by atoms with E-state index in [4.69, 9.17) is 4.74 Å². The number of piperidine rings is 1. The van der Waals surface area contributed by atoms with Crippen molar-refractivity contribution in [1.29, 1.82) is 0 Å². The van der Waals surface area contributed by atoms with Gasteiger partial charge in [-0.1, -0.05) is 6.92 Å². The number of unbranched alkanes of at least 4 members (excludes halogenated alkanes) is 1. The number of likely N-dealkylation sites (tertiary alicyclic amines) is 1. The molecule has 0 unspecified atom stereocenters. The molecule has 1 aliphatic heterocycles. The molecule has 102 valence electrons. The summed E-state index contributed by atoms with van der Waals surface area (Å²) in [5.41, 5.74) is 0. The van der Waals surface area contributed by atoms with Crippen LogP contribution in [0.2, 0.25) is 0 Å². The molecular formula is C14H30N2O. The van der Waals surface area contributed by atoms with E-state index in [0.29, 0.717) is 0 Å². The zero-order valence-corrected chi connectivity index (χ0v) is 11.7. The van der Waals surface area contributed by atoms with Gasteiger partial charge in [-0.15, -0.1) is 0 Å². The second-order valence-corrected chi connectivity index (χ2v) is 5.20. The molecule has 0 aromatic carbocycles. The Labute approximate surface area is 107 Å². The normalized spacial score (nSPS) is 18.7. The molecule has 1 heterocycles. The van der Waals surface area contributed by atoms with Crippen molar-refractivity contribution in [2.75, 3.05) is 46.4 Å². The van der Waals surface area contributed by atoms with Gasteiger partial charge in [0.1, 0.15) is 0 Å². The Morgan fingerprint density at radius 3 is 2.59 bits per heavy atom. The van der Waals surface area contributed by atoms with Gasteiger partial charge in [0.2, 0.25) is 0 Å². The van der Waals surface area contributed by atoms with Gasteiger partial charge in [0, 0.05) is 13.7 Å². The van der Waals surface area contributed by atoms with E-state index in [2.05, 4.69) is 17.1 Å². The Morgan fingerprint density at radius 2 is 1.94 bits per heavy atom. The molecule has 1 rings (SSSR count). The highest BCUT2D eigenvalue weighted by molar-refractivity contribution is 4.71. The molecule has 0 bridgehead atoms. The van der Waals surface area contributed by atoms with Gasteiger partial charge in [-0.2, -0.15) is 0 Å². The van der Waals surface area contributed by atoms with Crippen LogP contribution in [0, 0.1) is 5.92 Å². The number of nitrogens with zero attached hydrogens (tertiary/aromatic N) is 1. The van der Waals surface area contributed by atoms with Crippen LogP contribution in [0.3, 0.4) is 0 Å². The monoisotopic (exact) mass is 242 g/mol. The molecule has 3 heteroatoms. The predicted octanol–water partition coefficient (Wildman–Crippen LogP) is 2.12. The number of rotatable bonds is 9. The maximum absolute atomic E-state index is 5.23. The first kappa shape index (κ1) is 14.9. The van der Waals surface area contributed by atoms with Gasteiger partial charge in [-0.25, -0.2) is 0 Å². The first-order valence-electron chi connectivity index (χ1n) is 7.28. The number of methoxy groups -OCH3 is 1. The minimum absolute atomic E-state index is 0.808. The second kappa shape index (κ2) is 9.86. The SMILES string of the molecule is CCCNCCCCN1CCC(COC)CC1. The molecule has 1 saturated heterocycles. The Hall–Kier alpha value is -0.120. The Balaban J connectivity index is 1.91. The minimum Gasteiger partial charge on any atom is -0.384 e. The summed E-state index contributed by atoms with van der Waals surface area (Å²) in [7, 11) is 1.82. The maximum Gasteiger partial charge on any atom is 0.0491 e. The third-order valence-electron chi connectivity index (χ3n) is 3.61. The van der Waals surface area contributed by atoms with Crippen molar-refractivity contribution in [2.45, 2.75) is 39.0 Å². The average Bonchev–Trinajstić information content (AvgIpc) is 2.36. The van der Waals surface area contributed by atoms with Crippen LogP contribution in [0.25, 0.3) is 0 Å². The smallest absolute Gasteiger partial charge is 0.0491 e. The molecule has 3 nitrogen and oxygen atoms in total. The minimum atomic E-state index is 0.808. The first-order chi connectivity index (χ1) is 8.36. The lowest BCUT2D eigenvalue weighted by Gasteiger charge is -2.31. The van der Waals surface area contributed by atoms with Crippen LogP contribution in [0.1, 0.15) is 39.0 Å². The number of hydrogen-bond acceptors (Lipinski definition) is 3. The molecular weight excluding hydrogens is 212 g/mol. The Bertz CT molecular complexity index is 168. The fraction of sp³-hybridized carbons (Fsp3) is 1.00. The molecule has 0 amide bonds. The Kier molecular flexibility index (Phi) is 8.67. The lowest BCUT2D eigenvalue weighted by atomic mass is 9.98. The van der Waals surface area contributed by atoms with Crippen molar-refractivity contribution in [3.05, 3.63) is 0 Å². The van der Waals surface area contributed by atoms with Gasteiger partial charge in [0.15, 0.2) is 0 Å². The lowest BCUT2D eigenvalue weighted by Crippen LogP contribution is -2.35. The van der Waals surface area contributed by atoms with Crippen LogP contribution < -0.4 is 5.32 Å². The van der Waals surface area contributed by atoms with Crippen molar-refractivity contribution in [3.8, 4) is 0 Å².